The Balaban J connectivity index is 1.88. The highest BCUT2D eigenvalue weighted by Crippen LogP contribution is 2.25. The number of aliphatic hydroxyl groups is 1. The molecule has 3 N–H and O–H groups in total. The second kappa shape index (κ2) is 9.78. The van der Waals surface area contributed by atoms with Gasteiger partial charge in [0.25, 0.3) is 0 Å². The Hall–Kier alpha value is -2.54. The minimum absolute atomic E-state index is 0.0910. The first-order valence-electron chi connectivity index (χ1n) is 10.1. The average Bonchev–Trinajstić information content (AvgIpc) is 3.10. The van der Waals surface area contributed by atoms with E-state index in [1.807, 2.05) is 26.1 Å². The van der Waals surface area contributed by atoms with Crippen molar-refractivity contribution in [2.75, 3.05) is 26.2 Å². The Kier molecular flexibility index (Phi) is 7.67. The highest BCUT2D eigenvalue weighted by molar-refractivity contribution is 5.79. The van der Waals surface area contributed by atoms with Gasteiger partial charge in [-0.25, -0.2) is 4.99 Å². The molecule has 1 unspecified atom stereocenters. The van der Waals surface area contributed by atoms with Crippen LogP contribution in [0, 0.1) is 0 Å². The number of nitrogens with one attached hydrogen (secondary N) is 2. The lowest BCUT2D eigenvalue weighted by Gasteiger charge is -2.21. The van der Waals surface area contributed by atoms with Crippen LogP contribution in [0.3, 0.4) is 0 Å². The summed E-state index contributed by atoms with van der Waals surface area (Å²) in [4.78, 5) is 4.51. The molecule has 2 aromatic rings. The Morgan fingerprint density at radius 3 is 2.59 bits per heavy atom. The quantitative estimate of drug-likeness (QED) is 0.360. The molecule has 0 aliphatic carbocycles. The summed E-state index contributed by atoms with van der Waals surface area (Å²) in [6, 6.07) is 8.20. The highest BCUT2D eigenvalue weighted by atomic mass is 16.5. The zero-order valence-electron chi connectivity index (χ0n) is 18.5. The maximum atomic E-state index is 10.7. The van der Waals surface area contributed by atoms with Gasteiger partial charge >= 0.3 is 0 Å². The standard InChI is InChI=1S/C22H35N5O2/c1-7-23-20(25-16-22(5,28)18-14-26-27(6)15-18)24-11-12-29-19-10-8-9-17(13-19)21(2,3)4/h8-10,13-15,28H,7,11-12,16H2,1-6H3,(H2,23,24,25). The molecular formula is C22H35N5O2. The zero-order chi connectivity index (χ0) is 21.5. The van der Waals surface area contributed by atoms with E-state index in [-0.39, 0.29) is 12.0 Å². The second-order valence-corrected chi connectivity index (χ2v) is 8.42. The van der Waals surface area contributed by atoms with Crippen LogP contribution in [0.15, 0.2) is 41.7 Å². The van der Waals surface area contributed by atoms with Gasteiger partial charge in [-0.3, -0.25) is 4.68 Å². The minimum atomic E-state index is -1.08. The number of ether oxygens (including phenoxy) is 1. The number of guanidine groups is 1. The number of aryl methyl sites for hydroxylation is 1. The molecule has 160 valence electrons. The molecule has 29 heavy (non-hydrogen) atoms. The summed E-state index contributed by atoms with van der Waals surface area (Å²) in [6.45, 7) is 12.4. The Morgan fingerprint density at radius 1 is 1.21 bits per heavy atom. The van der Waals surface area contributed by atoms with Crippen molar-refractivity contribution in [3.8, 4) is 5.75 Å². The fraction of sp³-hybridized carbons (Fsp3) is 0.545. The van der Waals surface area contributed by atoms with Gasteiger partial charge < -0.3 is 20.5 Å². The molecule has 2 rings (SSSR count). The van der Waals surface area contributed by atoms with E-state index in [0.29, 0.717) is 19.1 Å². The molecule has 0 fully saturated rings. The lowest BCUT2D eigenvalue weighted by atomic mass is 9.87. The van der Waals surface area contributed by atoms with Crippen molar-refractivity contribution in [3.05, 3.63) is 47.8 Å². The van der Waals surface area contributed by atoms with E-state index >= 15 is 0 Å². The molecule has 0 saturated heterocycles. The van der Waals surface area contributed by atoms with E-state index in [9.17, 15) is 5.11 Å². The number of nitrogens with zero attached hydrogens (tertiary/aromatic N) is 3. The molecule has 0 radical (unpaired) electrons. The third-order valence-electron chi connectivity index (χ3n) is 4.58. The molecule has 0 aliphatic rings. The van der Waals surface area contributed by atoms with Crippen molar-refractivity contribution in [3.63, 3.8) is 0 Å². The monoisotopic (exact) mass is 401 g/mol. The predicted octanol–water partition coefficient (Wildman–Crippen LogP) is 2.56. The molecule has 1 atom stereocenters. The lowest BCUT2D eigenvalue weighted by molar-refractivity contribution is 0.0672. The van der Waals surface area contributed by atoms with Gasteiger partial charge in [0.1, 0.15) is 18.0 Å². The van der Waals surface area contributed by atoms with Gasteiger partial charge in [0.05, 0.1) is 19.3 Å². The summed E-state index contributed by atoms with van der Waals surface area (Å²) in [7, 11) is 1.83. The average molecular weight is 402 g/mol. The number of aliphatic imine (C=N–C) groups is 1. The number of rotatable bonds is 8. The number of benzene rings is 1. The fourth-order valence-electron chi connectivity index (χ4n) is 2.76. The van der Waals surface area contributed by atoms with E-state index < -0.39 is 5.60 Å². The van der Waals surface area contributed by atoms with Crippen molar-refractivity contribution < 1.29 is 9.84 Å². The Morgan fingerprint density at radius 2 is 1.97 bits per heavy atom. The minimum Gasteiger partial charge on any atom is -0.492 e. The summed E-state index contributed by atoms with van der Waals surface area (Å²) in [5, 5.41) is 21.2. The smallest absolute Gasteiger partial charge is 0.191 e. The van der Waals surface area contributed by atoms with Gasteiger partial charge in [-0.05, 0) is 37.0 Å². The van der Waals surface area contributed by atoms with Crippen LogP contribution in [0.5, 0.6) is 5.75 Å². The van der Waals surface area contributed by atoms with Crippen LogP contribution in [0.25, 0.3) is 0 Å². The van der Waals surface area contributed by atoms with Crippen LogP contribution >= 0.6 is 0 Å². The van der Waals surface area contributed by atoms with Gasteiger partial charge in [-0.2, -0.15) is 5.10 Å². The van der Waals surface area contributed by atoms with Gasteiger partial charge in [-0.1, -0.05) is 32.9 Å². The molecule has 1 aromatic carbocycles. The Labute approximate surface area is 174 Å². The van der Waals surface area contributed by atoms with Crippen molar-refractivity contribution in [2.45, 2.75) is 45.6 Å². The maximum absolute atomic E-state index is 10.7. The molecule has 0 aliphatic heterocycles. The molecule has 0 saturated carbocycles. The molecule has 0 spiro atoms. The molecule has 1 heterocycles. The van der Waals surface area contributed by atoms with Crippen LogP contribution in [-0.2, 0) is 18.1 Å². The van der Waals surface area contributed by atoms with E-state index in [1.54, 1.807) is 24.0 Å². The van der Waals surface area contributed by atoms with Crippen LogP contribution in [0.2, 0.25) is 0 Å². The van der Waals surface area contributed by atoms with Gasteiger partial charge in [0, 0.05) is 25.4 Å². The van der Waals surface area contributed by atoms with Gasteiger partial charge in [0.15, 0.2) is 5.96 Å². The van der Waals surface area contributed by atoms with Crippen LogP contribution < -0.4 is 15.4 Å². The first-order valence-corrected chi connectivity index (χ1v) is 10.1. The molecular weight excluding hydrogens is 366 g/mol. The van der Waals surface area contributed by atoms with E-state index in [1.165, 1.54) is 5.56 Å². The van der Waals surface area contributed by atoms with Crippen molar-refractivity contribution in [1.82, 2.24) is 20.4 Å². The molecule has 0 amide bonds. The topological polar surface area (TPSA) is 83.7 Å². The largest absolute Gasteiger partial charge is 0.492 e. The van der Waals surface area contributed by atoms with Gasteiger partial charge in [-0.15, -0.1) is 0 Å². The predicted molar refractivity (Wildman–Crippen MR) is 117 cm³/mol. The van der Waals surface area contributed by atoms with Gasteiger partial charge in [0.2, 0.25) is 0 Å². The first-order chi connectivity index (χ1) is 13.6. The number of aromatic nitrogens is 2. The second-order valence-electron chi connectivity index (χ2n) is 8.42. The van der Waals surface area contributed by atoms with Crippen LogP contribution in [0.1, 0.15) is 45.7 Å². The van der Waals surface area contributed by atoms with Crippen molar-refractivity contribution in [2.24, 2.45) is 12.0 Å². The maximum Gasteiger partial charge on any atom is 0.191 e. The normalized spacial score (nSPS) is 14.4. The molecule has 7 nitrogen and oxygen atoms in total. The van der Waals surface area contributed by atoms with Crippen LogP contribution in [-0.4, -0.2) is 47.1 Å². The number of hydrogen-bond acceptors (Lipinski definition) is 4. The van der Waals surface area contributed by atoms with Crippen molar-refractivity contribution in [1.29, 1.82) is 0 Å². The van der Waals surface area contributed by atoms with E-state index in [4.69, 9.17) is 4.74 Å². The summed E-state index contributed by atoms with van der Waals surface area (Å²) in [5.74, 6) is 1.50. The first kappa shape index (κ1) is 22.7. The SMILES string of the molecule is CCNC(=NCC(C)(O)c1cnn(C)c1)NCCOc1cccc(C(C)(C)C)c1. The summed E-state index contributed by atoms with van der Waals surface area (Å²) < 4.78 is 7.55. The third kappa shape index (κ3) is 7.09. The summed E-state index contributed by atoms with van der Waals surface area (Å²) in [6.07, 6.45) is 3.46. The summed E-state index contributed by atoms with van der Waals surface area (Å²) >= 11 is 0. The zero-order valence-corrected chi connectivity index (χ0v) is 18.5. The molecule has 0 bridgehead atoms. The number of hydrogen-bond donors (Lipinski definition) is 3. The van der Waals surface area contributed by atoms with E-state index in [0.717, 1.165) is 17.9 Å². The molecule has 7 heteroatoms. The fourth-order valence-corrected chi connectivity index (χ4v) is 2.76. The highest BCUT2D eigenvalue weighted by Gasteiger charge is 2.24. The molecule has 1 aromatic heterocycles. The Bertz CT molecular complexity index is 806. The van der Waals surface area contributed by atoms with Crippen LogP contribution in [0.4, 0.5) is 0 Å². The van der Waals surface area contributed by atoms with Crippen molar-refractivity contribution >= 4 is 5.96 Å². The third-order valence-corrected chi connectivity index (χ3v) is 4.58. The summed E-state index contributed by atoms with van der Waals surface area (Å²) in [5.41, 5.74) is 0.992. The lowest BCUT2D eigenvalue weighted by Crippen LogP contribution is -2.40. The van der Waals surface area contributed by atoms with E-state index in [2.05, 4.69) is 53.6 Å².